The van der Waals surface area contributed by atoms with E-state index in [0.717, 1.165) is 32.3 Å². The van der Waals surface area contributed by atoms with Crippen molar-refractivity contribution in [3.63, 3.8) is 0 Å². The highest BCUT2D eigenvalue weighted by molar-refractivity contribution is 5.97. The molecule has 2 aromatic rings. The number of carbonyl (C=O) groups excluding carboxylic acids is 1. The Hall–Kier alpha value is -2.28. The van der Waals surface area contributed by atoms with Crippen LogP contribution in [0.3, 0.4) is 0 Å². The van der Waals surface area contributed by atoms with Gasteiger partial charge in [0.15, 0.2) is 0 Å². The van der Waals surface area contributed by atoms with Crippen LogP contribution in [0.15, 0.2) is 30.6 Å². The molecule has 2 heterocycles. The van der Waals surface area contributed by atoms with Gasteiger partial charge in [-0.15, -0.1) is 5.10 Å². The van der Waals surface area contributed by atoms with Crippen LogP contribution in [0.2, 0.25) is 0 Å². The zero-order valence-corrected chi connectivity index (χ0v) is 13.2. The molecule has 1 saturated heterocycles. The molecule has 122 valence electrons. The van der Waals surface area contributed by atoms with E-state index in [4.69, 9.17) is 4.74 Å². The molecule has 1 aromatic carbocycles. The maximum absolute atomic E-state index is 12.5. The van der Waals surface area contributed by atoms with Crippen molar-refractivity contribution in [1.82, 2.24) is 25.5 Å². The molecular weight excluding hydrogens is 294 g/mol. The van der Waals surface area contributed by atoms with E-state index in [-0.39, 0.29) is 11.9 Å². The number of hydrogen-bond acceptors (Lipinski definition) is 5. The number of para-hydroxylation sites is 1. The number of rotatable bonds is 6. The maximum Gasteiger partial charge on any atom is 0.253 e. The van der Waals surface area contributed by atoms with Gasteiger partial charge >= 0.3 is 0 Å². The van der Waals surface area contributed by atoms with Crippen LogP contribution in [-0.4, -0.2) is 44.9 Å². The van der Waals surface area contributed by atoms with Gasteiger partial charge in [0, 0.05) is 12.6 Å². The average Bonchev–Trinajstić information content (AvgIpc) is 3.26. The summed E-state index contributed by atoms with van der Waals surface area (Å²) < 4.78 is 7.11. The summed E-state index contributed by atoms with van der Waals surface area (Å²) in [6, 6.07) is 7.38. The summed E-state index contributed by atoms with van der Waals surface area (Å²) in [7, 11) is 0. The van der Waals surface area contributed by atoms with E-state index >= 15 is 0 Å². The van der Waals surface area contributed by atoms with Gasteiger partial charge in [-0.1, -0.05) is 12.1 Å². The first-order valence-electron chi connectivity index (χ1n) is 7.99. The van der Waals surface area contributed by atoms with Gasteiger partial charge in [-0.25, -0.2) is 0 Å². The van der Waals surface area contributed by atoms with Crippen molar-refractivity contribution in [2.75, 3.05) is 6.61 Å². The maximum atomic E-state index is 12.5. The second kappa shape index (κ2) is 7.32. The number of tetrazole rings is 1. The standard InChI is InChI=1S/C16H21N5O2/c1-12(8-9-13-5-4-10-23-13)18-16(22)14-6-2-3-7-15(14)21-11-17-19-20-21/h2-3,6-7,11-13H,4-5,8-10H2,1H3,(H,18,22)/t12-,13+/m0/s1. The molecule has 1 aliphatic heterocycles. The highest BCUT2D eigenvalue weighted by Gasteiger charge is 2.19. The zero-order chi connectivity index (χ0) is 16.1. The van der Waals surface area contributed by atoms with E-state index in [2.05, 4.69) is 20.8 Å². The highest BCUT2D eigenvalue weighted by atomic mass is 16.5. The first-order valence-corrected chi connectivity index (χ1v) is 7.99. The number of hydrogen-bond donors (Lipinski definition) is 1. The Bertz CT molecular complexity index is 638. The van der Waals surface area contributed by atoms with Gasteiger partial charge in [-0.05, 0) is 55.2 Å². The number of aromatic nitrogens is 4. The molecule has 7 heteroatoms. The van der Waals surface area contributed by atoms with Crippen LogP contribution in [0.5, 0.6) is 0 Å². The predicted octanol–water partition coefficient (Wildman–Crippen LogP) is 1.74. The molecule has 0 bridgehead atoms. The lowest BCUT2D eigenvalue weighted by Crippen LogP contribution is -2.33. The second-order valence-electron chi connectivity index (χ2n) is 5.86. The minimum Gasteiger partial charge on any atom is -0.378 e. The lowest BCUT2D eigenvalue weighted by atomic mass is 10.1. The van der Waals surface area contributed by atoms with Gasteiger partial charge in [-0.2, -0.15) is 4.68 Å². The normalized spacial score (nSPS) is 18.7. The summed E-state index contributed by atoms with van der Waals surface area (Å²) in [5, 5.41) is 14.1. The van der Waals surface area contributed by atoms with Crippen LogP contribution in [0.25, 0.3) is 5.69 Å². The molecule has 0 saturated carbocycles. The van der Waals surface area contributed by atoms with Crippen molar-refractivity contribution >= 4 is 5.91 Å². The summed E-state index contributed by atoms with van der Waals surface area (Å²) >= 11 is 0. The molecule has 1 aromatic heterocycles. The van der Waals surface area contributed by atoms with Crippen molar-refractivity contribution < 1.29 is 9.53 Å². The van der Waals surface area contributed by atoms with Gasteiger partial charge in [0.25, 0.3) is 5.91 Å². The lowest BCUT2D eigenvalue weighted by molar-refractivity contribution is 0.0899. The highest BCUT2D eigenvalue weighted by Crippen LogP contribution is 2.18. The SMILES string of the molecule is C[C@@H](CC[C@H]1CCCO1)NC(=O)c1ccccc1-n1cnnn1. The summed E-state index contributed by atoms with van der Waals surface area (Å²) in [6.45, 7) is 2.89. The van der Waals surface area contributed by atoms with E-state index < -0.39 is 0 Å². The Kier molecular flexibility index (Phi) is 4.97. The quantitative estimate of drug-likeness (QED) is 0.878. The summed E-state index contributed by atoms with van der Waals surface area (Å²) in [5.41, 5.74) is 1.23. The molecule has 3 rings (SSSR count). The molecule has 1 N–H and O–H groups in total. The van der Waals surface area contributed by atoms with E-state index in [1.54, 1.807) is 6.07 Å². The molecule has 7 nitrogen and oxygen atoms in total. The average molecular weight is 315 g/mol. The van der Waals surface area contributed by atoms with Gasteiger partial charge in [-0.3, -0.25) is 4.79 Å². The van der Waals surface area contributed by atoms with E-state index in [0.29, 0.717) is 17.4 Å². The Morgan fingerprint density at radius 2 is 2.35 bits per heavy atom. The Balaban J connectivity index is 1.61. The Morgan fingerprint density at radius 3 is 3.09 bits per heavy atom. The largest absolute Gasteiger partial charge is 0.378 e. The van der Waals surface area contributed by atoms with Crippen LogP contribution in [0.4, 0.5) is 0 Å². The summed E-state index contributed by atoms with van der Waals surface area (Å²) in [6.07, 6.45) is 5.99. The Labute approximate surface area is 135 Å². The van der Waals surface area contributed by atoms with E-state index in [1.165, 1.54) is 11.0 Å². The molecule has 0 radical (unpaired) electrons. The fraction of sp³-hybridized carbons (Fsp3) is 0.500. The van der Waals surface area contributed by atoms with Crippen LogP contribution in [0, 0.1) is 0 Å². The van der Waals surface area contributed by atoms with Crippen LogP contribution in [0.1, 0.15) is 43.0 Å². The summed E-state index contributed by atoms with van der Waals surface area (Å²) in [4.78, 5) is 12.5. The third-order valence-corrected chi connectivity index (χ3v) is 4.07. The van der Waals surface area contributed by atoms with Crippen LogP contribution < -0.4 is 5.32 Å². The third-order valence-electron chi connectivity index (χ3n) is 4.07. The number of benzene rings is 1. The molecule has 0 unspecified atom stereocenters. The van der Waals surface area contributed by atoms with Crippen molar-refractivity contribution in [3.8, 4) is 5.69 Å². The topological polar surface area (TPSA) is 81.9 Å². The molecule has 0 spiro atoms. The van der Waals surface area contributed by atoms with Crippen LogP contribution in [-0.2, 0) is 4.74 Å². The smallest absolute Gasteiger partial charge is 0.253 e. The van der Waals surface area contributed by atoms with Gasteiger partial charge in [0.2, 0.25) is 0 Å². The van der Waals surface area contributed by atoms with E-state index in [1.807, 2.05) is 25.1 Å². The molecule has 0 aliphatic carbocycles. The number of amides is 1. The molecule has 1 aliphatic rings. The molecule has 1 fully saturated rings. The van der Waals surface area contributed by atoms with Crippen molar-refractivity contribution in [2.24, 2.45) is 0 Å². The zero-order valence-electron chi connectivity index (χ0n) is 13.2. The van der Waals surface area contributed by atoms with Gasteiger partial charge in [0.1, 0.15) is 6.33 Å². The fourth-order valence-corrected chi connectivity index (χ4v) is 2.82. The monoisotopic (exact) mass is 315 g/mol. The molecule has 1 amide bonds. The molecule has 23 heavy (non-hydrogen) atoms. The van der Waals surface area contributed by atoms with Crippen molar-refractivity contribution in [1.29, 1.82) is 0 Å². The Morgan fingerprint density at radius 1 is 1.48 bits per heavy atom. The van der Waals surface area contributed by atoms with E-state index in [9.17, 15) is 4.79 Å². The van der Waals surface area contributed by atoms with Gasteiger partial charge < -0.3 is 10.1 Å². The third kappa shape index (κ3) is 3.92. The number of nitrogens with one attached hydrogen (secondary N) is 1. The number of nitrogens with zero attached hydrogens (tertiary/aromatic N) is 4. The lowest BCUT2D eigenvalue weighted by Gasteiger charge is -2.17. The summed E-state index contributed by atoms with van der Waals surface area (Å²) in [5.74, 6) is -0.115. The number of ether oxygens (including phenoxy) is 1. The fourth-order valence-electron chi connectivity index (χ4n) is 2.82. The van der Waals surface area contributed by atoms with Gasteiger partial charge in [0.05, 0.1) is 17.4 Å². The molecular formula is C16H21N5O2. The number of carbonyl (C=O) groups is 1. The predicted molar refractivity (Wildman–Crippen MR) is 84.3 cm³/mol. The van der Waals surface area contributed by atoms with Crippen LogP contribution >= 0.6 is 0 Å². The first-order chi connectivity index (χ1) is 11.2. The second-order valence-corrected chi connectivity index (χ2v) is 5.86. The van der Waals surface area contributed by atoms with Crippen molar-refractivity contribution in [2.45, 2.75) is 44.8 Å². The first kappa shape index (κ1) is 15.6. The minimum absolute atomic E-state index is 0.0913. The minimum atomic E-state index is -0.115. The van der Waals surface area contributed by atoms with Crippen molar-refractivity contribution in [3.05, 3.63) is 36.2 Å². The molecule has 2 atom stereocenters.